The van der Waals surface area contributed by atoms with E-state index in [1.54, 1.807) is 23.2 Å². The van der Waals surface area contributed by atoms with Gasteiger partial charge in [0.15, 0.2) is 0 Å². The second-order valence-corrected chi connectivity index (χ2v) is 6.52. The van der Waals surface area contributed by atoms with Crippen LogP contribution in [0.2, 0.25) is 5.02 Å². The minimum Gasteiger partial charge on any atom is -0.355 e. The molecule has 1 fully saturated rings. The predicted octanol–water partition coefficient (Wildman–Crippen LogP) is 3.03. The molecule has 26 heavy (non-hydrogen) atoms. The number of rotatable bonds is 3. The van der Waals surface area contributed by atoms with Gasteiger partial charge in [-0.05, 0) is 30.7 Å². The molecule has 1 aromatic heterocycles. The Hall–Kier alpha value is -2.65. The summed E-state index contributed by atoms with van der Waals surface area (Å²) in [4.78, 5) is 20.7. The standard InChI is InChI=1S/C19H18ClFN4O/c20-16-3-1-4-17(21)15(16)11-19(26)25-8-2-7-24(9-10-25)18-6-5-14(12-22)13-23-18/h1,3-6,13H,2,7-11H2. The van der Waals surface area contributed by atoms with Gasteiger partial charge in [0, 0.05) is 43.0 Å². The van der Waals surface area contributed by atoms with Crippen LogP contribution in [0.15, 0.2) is 36.5 Å². The van der Waals surface area contributed by atoms with Crippen molar-refractivity contribution in [1.29, 1.82) is 5.26 Å². The summed E-state index contributed by atoms with van der Waals surface area (Å²) < 4.78 is 13.9. The topological polar surface area (TPSA) is 60.2 Å². The van der Waals surface area contributed by atoms with Gasteiger partial charge in [-0.3, -0.25) is 4.79 Å². The van der Waals surface area contributed by atoms with E-state index in [0.717, 1.165) is 18.8 Å². The molecule has 0 bridgehead atoms. The zero-order chi connectivity index (χ0) is 18.5. The van der Waals surface area contributed by atoms with Crippen LogP contribution in [0.1, 0.15) is 17.5 Å². The van der Waals surface area contributed by atoms with E-state index >= 15 is 0 Å². The lowest BCUT2D eigenvalue weighted by molar-refractivity contribution is -0.130. The number of hydrogen-bond acceptors (Lipinski definition) is 4. The van der Waals surface area contributed by atoms with Crippen LogP contribution in [0.5, 0.6) is 0 Å². The maximum Gasteiger partial charge on any atom is 0.227 e. The van der Waals surface area contributed by atoms with Crippen molar-refractivity contribution in [2.45, 2.75) is 12.8 Å². The smallest absolute Gasteiger partial charge is 0.227 e. The molecule has 2 aromatic rings. The molecule has 134 valence electrons. The third-order valence-corrected chi connectivity index (χ3v) is 4.79. The highest BCUT2D eigenvalue weighted by Gasteiger charge is 2.21. The average Bonchev–Trinajstić information content (AvgIpc) is 2.91. The molecule has 0 unspecified atom stereocenters. The van der Waals surface area contributed by atoms with Gasteiger partial charge in [-0.25, -0.2) is 9.37 Å². The first kappa shape index (κ1) is 18.2. The number of carbonyl (C=O) groups excluding carboxylic acids is 1. The van der Waals surface area contributed by atoms with Gasteiger partial charge in [0.2, 0.25) is 5.91 Å². The van der Waals surface area contributed by atoms with Crippen molar-refractivity contribution in [3.8, 4) is 6.07 Å². The number of amides is 1. The quantitative estimate of drug-likeness (QED) is 0.831. The Bertz CT molecular complexity index is 814. The number of pyridine rings is 1. The number of nitriles is 1. The molecule has 2 heterocycles. The molecule has 0 N–H and O–H groups in total. The Balaban J connectivity index is 1.64. The molecular formula is C19H18ClFN4O. The minimum absolute atomic E-state index is 0.0410. The molecule has 7 heteroatoms. The van der Waals surface area contributed by atoms with Crippen LogP contribution in [0, 0.1) is 17.1 Å². The van der Waals surface area contributed by atoms with E-state index in [1.165, 1.54) is 12.1 Å². The number of benzene rings is 1. The number of nitrogens with zero attached hydrogens (tertiary/aromatic N) is 4. The summed E-state index contributed by atoms with van der Waals surface area (Å²) in [6.45, 7) is 2.54. The van der Waals surface area contributed by atoms with Crippen LogP contribution in [0.4, 0.5) is 10.2 Å². The van der Waals surface area contributed by atoms with Crippen molar-refractivity contribution in [2.24, 2.45) is 0 Å². The first-order valence-corrected chi connectivity index (χ1v) is 8.78. The lowest BCUT2D eigenvalue weighted by atomic mass is 10.1. The average molecular weight is 373 g/mol. The molecule has 0 radical (unpaired) electrons. The largest absolute Gasteiger partial charge is 0.355 e. The van der Waals surface area contributed by atoms with E-state index in [1.807, 2.05) is 12.1 Å². The van der Waals surface area contributed by atoms with Crippen LogP contribution < -0.4 is 4.90 Å². The molecule has 1 aliphatic heterocycles. The number of anilines is 1. The highest BCUT2D eigenvalue weighted by molar-refractivity contribution is 6.31. The molecule has 1 aromatic carbocycles. The minimum atomic E-state index is -0.455. The van der Waals surface area contributed by atoms with Crippen molar-refractivity contribution in [2.75, 3.05) is 31.1 Å². The number of halogens is 2. The lowest BCUT2D eigenvalue weighted by Gasteiger charge is -2.23. The molecule has 0 saturated carbocycles. The zero-order valence-electron chi connectivity index (χ0n) is 14.2. The first-order chi connectivity index (χ1) is 12.6. The lowest BCUT2D eigenvalue weighted by Crippen LogP contribution is -2.36. The summed E-state index contributed by atoms with van der Waals surface area (Å²) in [6.07, 6.45) is 2.29. The van der Waals surface area contributed by atoms with E-state index in [-0.39, 0.29) is 22.9 Å². The summed E-state index contributed by atoms with van der Waals surface area (Å²) in [5.74, 6) is 0.200. The third kappa shape index (κ3) is 4.12. The number of aromatic nitrogens is 1. The normalized spacial score (nSPS) is 14.7. The Morgan fingerprint density at radius 1 is 1.23 bits per heavy atom. The van der Waals surface area contributed by atoms with E-state index in [4.69, 9.17) is 16.9 Å². The molecule has 5 nitrogen and oxygen atoms in total. The van der Waals surface area contributed by atoms with Gasteiger partial charge in [-0.2, -0.15) is 5.26 Å². The van der Waals surface area contributed by atoms with Gasteiger partial charge < -0.3 is 9.80 Å². The van der Waals surface area contributed by atoms with Gasteiger partial charge >= 0.3 is 0 Å². The highest BCUT2D eigenvalue weighted by atomic mass is 35.5. The van der Waals surface area contributed by atoms with Gasteiger partial charge in [0.05, 0.1) is 12.0 Å². The van der Waals surface area contributed by atoms with Crippen LogP contribution in [-0.2, 0) is 11.2 Å². The van der Waals surface area contributed by atoms with E-state index in [9.17, 15) is 9.18 Å². The summed E-state index contributed by atoms with van der Waals surface area (Å²) >= 11 is 6.02. The van der Waals surface area contributed by atoms with Gasteiger partial charge in [0.25, 0.3) is 0 Å². The Morgan fingerprint density at radius 2 is 2.08 bits per heavy atom. The van der Waals surface area contributed by atoms with Gasteiger partial charge in [0.1, 0.15) is 17.7 Å². The summed E-state index contributed by atoms with van der Waals surface area (Å²) in [6, 6.07) is 10.0. The number of carbonyl (C=O) groups is 1. The SMILES string of the molecule is N#Cc1ccc(N2CCCN(C(=O)Cc3c(F)cccc3Cl)CC2)nc1. The van der Waals surface area contributed by atoms with E-state index in [2.05, 4.69) is 9.88 Å². The Labute approximate surface area is 156 Å². The molecule has 0 atom stereocenters. The molecule has 3 rings (SSSR count). The fourth-order valence-corrected chi connectivity index (χ4v) is 3.23. The van der Waals surface area contributed by atoms with Crippen molar-refractivity contribution in [1.82, 2.24) is 9.88 Å². The fraction of sp³-hybridized carbons (Fsp3) is 0.316. The first-order valence-electron chi connectivity index (χ1n) is 8.40. The van der Waals surface area contributed by atoms with E-state index in [0.29, 0.717) is 25.2 Å². The maximum absolute atomic E-state index is 13.9. The van der Waals surface area contributed by atoms with Crippen LogP contribution in [0.25, 0.3) is 0 Å². The summed E-state index contributed by atoms with van der Waals surface area (Å²) in [7, 11) is 0. The van der Waals surface area contributed by atoms with Crippen LogP contribution in [0.3, 0.4) is 0 Å². The molecule has 1 saturated heterocycles. The maximum atomic E-state index is 13.9. The van der Waals surface area contributed by atoms with Gasteiger partial charge in [-0.1, -0.05) is 17.7 Å². The summed E-state index contributed by atoms with van der Waals surface area (Å²) in [5, 5.41) is 9.13. The number of hydrogen-bond donors (Lipinski definition) is 0. The Morgan fingerprint density at radius 3 is 2.77 bits per heavy atom. The van der Waals surface area contributed by atoms with E-state index < -0.39 is 5.82 Å². The molecule has 1 amide bonds. The second-order valence-electron chi connectivity index (χ2n) is 6.12. The van der Waals surface area contributed by atoms with Crippen molar-refractivity contribution in [3.05, 3.63) is 58.5 Å². The molecule has 1 aliphatic rings. The monoisotopic (exact) mass is 372 g/mol. The van der Waals surface area contributed by atoms with Gasteiger partial charge in [-0.15, -0.1) is 0 Å². The van der Waals surface area contributed by atoms with Crippen molar-refractivity contribution in [3.63, 3.8) is 0 Å². The third-order valence-electron chi connectivity index (χ3n) is 4.44. The second kappa shape index (κ2) is 8.15. The van der Waals surface area contributed by atoms with Crippen molar-refractivity contribution < 1.29 is 9.18 Å². The summed E-state index contributed by atoms with van der Waals surface area (Å²) in [5.41, 5.74) is 0.760. The molecule has 0 aliphatic carbocycles. The van der Waals surface area contributed by atoms with Crippen molar-refractivity contribution >= 4 is 23.3 Å². The van der Waals surface area contributed by atoms with Crippen LogP contribution in [-0.4, -0.2) is 42.0 Å². The molecular weight excluding hydrogens is 355 g/mol. The Kier molecular flexibility index (Phi) is 5.69. The van der Waals surface area contributed by atoms with Crippen LogP contribution >= 0.6 is 11.6 Å². The zero-order valence-corrected chi connectivity index (χ0v) is 14.9. The fourth-order valence-electron chi connectivity index (χ4n) is 3.00. The highest BCUT2D eigenvalue weighted by Crippen LogP contribution is 2.21. The molecule has 0 spiro atoms. The predicted molar refractivity (Wildman–Crippen MR) is 97.5 cm³/mol.